The molecule has 6 heteroatoms. The largest absolute Gasteiger partial charge is 0.409 e. The molecule has 0 saturated carbocycles. The molecule has 1 aromatic heterocycles. The van der Waals surface area contributed by atoms with Gasteiger partial charge in [-0.15, -0.1) is 0 Å². The maximum Gasteiger partial charge on any atom is 0.140 e. The molecule has 0 aliphatic rings. The number of hydrogen-bond acceptors (Lipinski definition) is 5. The Labute approximate surface area is 107 Å². The predicted molar refractivity (Wildman–Crippen MR) is 71.1 cm³/mol. The number of hydrogen-bond donors (Lipinski definition) is 2. The van der Waals surface area contributed by atoms with Gasteiger partial charge in [0.1, 0.15) is 11.7 Å². The van der Waals surface area contributed by atoms with Gasteiger partial charge < -0.3 is 20.6 Å². The van der Waals surface area contributed by atoms with Crippen LogP contribution in [0.4, 0.5) is 5.82 Å². The standard InChI is InChI=1S/C12H20N4O2/c1-10-4-3-5-12(14-10)16(8-9-18-2)7-6-11(13)15-17/h3-5,17H,6-9H2,1-2H3,(H2,13,15). The highest BCUT2D eigenvalue weighted by Crippen LogP contribution is 2.11. The van der Waals surface area contributed by atoms with Crippen molar-refractivity contribution in [3.8, 4) is 0 Å². The van der Waals surface area contributed by atoms with Crippen LogP contribution in [0.25, 0.3) is 0 Å². The lowest BCUT2D eigenvalue weighted by Crippen LogP contribution is -2.31. The van der Waals surface area contributed by atoms with Crippen molar-refractivity contribution in [2.75, 3.05) is 31.7 Å². The third-order valence-corrected chi connectivity index (χ3v) is 2.53. The summed E-state index contributed by atoms with van der Waals surface area (Å²) in [5.74, 6) is 1.09. The molecule has 0 saturated heterocycles. The minimum atomic E-state index is 0.213. The van der Waals surface area contributed by atoms with Crippen LogP contribution in [0, 0.1) is 6.92 Å². The third-order valence-electron chi connectivity index (χ3n) is 2.53. The summed E-state index contributed by atoms with van der Waals surface area (Å²) in [6.45, 7) is 3.90. The van der Waals surface area contributed by atoms with Crippen molar-refractivity contribution in [1.29, 1.82) is 0 Å². The van der Waals surface area contributed by atoms with Crippen molar-refractivity contribution in [1.82, 2.24) is 4.98 Å². The van der Waals surface area contributed by atoms with Crippen LogP contribution in [-0.4, -0.2) is 42.8 Å². The number of ether oxygens (including phenoxy) is 1. The van der Waals surface area contributed by atoms with Crippen molar-refractivity contribution in [2.45, 2.75) is 13.3 Å². The smallest absolute Gasteiger partial charge is 0.140 e. The van der Waals surface area contributed by atoms with Crippen molar-refractivity contribution in [3.05, 3.63) is 23.9 Å². The van der Waals surface area contributed by atoms with E-state index < -0.39 is 0 Å². The highest BCUT2D eigenvalue weighted by molar-refractivity contribution is 5.80. The van der Waals surface area contributed by atoms with Gasteiger partial charge in [0.05, 0.1) is 6.61 Å². The Morgan fingerprint density at radius 1 is 1.50 bits per heavy atom. The SMILES string of the molecule is COCCN(CC/C(N)=N/O)c1cccc(C)n1. The van der Waals surface area contributed by atoms with Gasteiger partial charge in [0, 0.05) is 32.3 Å². The zero-order valence-electron chi connectivity index (χ0n) is 10.8. The molecule has 0 amide bonds. The van der Waals surface area contributed by atoms with Gasteiger partial charge in [-0.3, -0.25) is 0 Å². The number of rotatable bonds is 7. The number of amidine groups is 1. The first-order valence-electron chi connectivity index (χ1n) is 5.81. The predicted octanol–water partition coefficient (Wildman–Crippen LogP) is 0.979. The number of aryl methyl sites for hydroxylation is 1. The minimum Gasteiger partial charge on any atom is -0.409 e. The second-order valence-electron chi connectivity index (χ2n) is 3.96. The number of pyridine rings is 1. The van der Waals surface area contributed by atoms with Gasteiger partial charge >= 0.3 is 0 Å². The second-order valence-corrected chi connectivity index (χ2v) is 3.96. The molecule has 0 bridgehead atoms. The van der Waals surface area contributed by atoms with E-state index >= 15 is 0 Å². The van der Waals surface area contributed by atoms with E-state index in [1.165, 1.54) is 0 Å². The fourth-order valence-electron chi connectivity index (χ4n) is 1.55. The van der Waals surface area contributed by atoms with Crippen molar-refractivity contribution >= 4 is 11.7 Å². The molecule has 18 heavy (non-hydrogen) atoms. The third kappa shape index (κ3) is 4.58. The summed E-state index contributed by atoms with van der Waals surface area (Å²) >= 11 is 0. The molecule has 0 aromatic carbocycles. The van der Waals surface area contributed by atoms with Gasteiger partial charge in [0.25, 0.3) is 0 Å². The lowest BCUT2D eigenvalue weighted by Gasteiger charge is -2.23. The van der Waals surface area contributed by atoms with Crippen LogP contribution in [0.2, 0.25) is 0 Å². The summed E-state index contributed by atoms with van der Waals surface area (Å²) in [4.78, 5) is 6.51. The quantitative estimate of drug-likeness (QED) is 0.327. The molecule has 1 heterocycles. The van der Waals surface area contributed by atoms with E-state index in [4.69, 9.17) is 15.7 Å². The lowest BCUT2D eigenvalue weighted by molar-refractivity contribution is 0.205. The molecule has 0 aliphatic carbocycles. The summed E-state index contributed by atoms with van der Waals surface area (Å²) in [7, 11) is 1.66. The van der Waals surface area contributed by atoms with E-state index in [1.54, 1.807) is 7.11 Å². The Hall–Kier alpha value is -1.82. The maximum atomic E-state index is 8.54. The van der Waals surface area contributed by atoms with Gasteiger partial charge in [-0.05, 0) is 19.1 Å². The van der Waals surface area contributed by atoms with Crippen LogP contribution >= 0.6 is 0 Å². The molecule has 3 N–H and O–H groups in total. The van der Waals surface area contributed by atoms with E-state index in [0.29, 0.717) is 26.1 Å². The number of nitrogens with two attached hydrogens (primary N) is 1. The number of aromatic nitrogens is 1. The fraction of sp³-hybridized carbons (Fsp3) is 0.500. The van der Waals surface area contributed by atoms with Gasteiger partial charge in [0.2, 0.25) is 0 Å². The molecular formula is C12H20N4O2. The highest BCUT2D eigenvalue weighted by Gasteiger charge is 2.08. The molecule has 0 atom stereocenters. The second kappa shape index (κ2) is 7.50. The van der Waals surface area contributed by atoms with Gasteiger partial charge in [-0.1, -0.05) is 11.2 Å². The van der Waals surface area contributed by atoms with Gasteiger partial charge in [-0.25, -0.2) is 4.98 Å². The molecular weight excluding hydrogens is 232 g/mol. The van der Waals surface area contributed by atoms with Crippen molar-refractivity contribution < 1.29 is 9.94 Å². The zero-order chi connectivity index (χ0) is 13.4. The van der Waals surface area contributed by atoms with Crippen LogP contribution in [0.1, 0.15) is 12.1 Å². The van der Waals surface area contributed by atoms with E-state index in [0.717, 1.165) is 11.5 Å². The van der Waals surface area contributed by atoms with Crippen molar-refractivity contribution in [3.63, 3.8) is 0 Å². The lowest BCUT2D eigenvalue weighted by atomic mass is 10.3. The van der Waals surface area contributed by atoms with Crippen LogP contribution in [0.5, 0.6) is 0 Å². The molecule has 100 valence electrons. The summed E-state index contributed by atoms with van der Waals surface area (Å²) in [5.41, 5.74) is 6.44. The number of methoxy groups -OCH3 is 1. The molecule has 0 unspecified atom stereocenters. The molecule has 6 nitrogen and oxygen atoms in total. The van der Waals surface area contributed by atoms with Crippen LogP contribution < -0.4 is 10.6 Å². The monoisotopic (exact) mass is 252 g/mol. The van der Waals surface area contributed by atoms with Gasteiger partial charge in [-0.2, -0.15) is 0 Å². The van der Waals surface area contributed by atoms with E-state index in [2.05, 4.69) is 15.0 Å². The number of anilines is 1. The molecule has 0 spiro atoms. The first-order chi connectivity index (χ1) is 8.67. The Morgan fingerprint density at radius 3 is 2.89 bits per heavy atom. The average Bonchev–Trinajstić information content (AvgIpc) is 2.38. The molecule has 1 aromatic rings. The van der Waals surface area contributed by atoms with Gasteiger partial charge in [0.15, 0.2) is 0 Å². The summed E-state index contributed by atoms with van der Waals surface area (Å²) in [6, 6.07) is 5.84. The summed E-state index contributed by atoms with van der Waals surface area (Å²) < 4.78 is 5.08. The Kier molecular flexibility index (Phi) is 5.93. The van der Waals surface area contributed by atoms with E-state index in [-0.39, 0.29) is 5.84 Å². The Bertz CT molecular complexity index is 395. The molecule has 0 aliphatic heterocycles. The number of oxime groups is 1. The van der Waals surface area contributed by atoms with E-state index in [1.807, 2.05) is 25.1 Å². The molecule has 0 fully saturated rings. The Morgan fingerprint density at radius 2 is 2.28 bits per heavy atom. The topological polar surface area (TPSA) is 84.0 Å². The maximum absolute atomic E-state index is 8.54. The molecule has 1 rings (SSSR count). The average molecular weight is 252 g/mol. The minimum absolute atomic E-state index is 0.213. The van der Waals surface area contributed by atoms with Crippen molar-refractivity contribution in [2.24, 2.45) is 10.9 Å². The normalized spacial score (nSPS) is 11.6. The Balaban J connectivity index is 2.71. The van der Waals surface area contributed by atoms with Crippen LogP contribution in [0.15, 0.2) is 23.4 Å². The van der Waals surface area contributed by atoms with E-state index in [9.17, 15) is 0 Å². The first-order valence-corrected chi connectivity index (χ1v) is 5.81. The summed E-state index contributed by atoms with van der Waals surface area (Å²) in [5, 5.41) is 11.5. The first kappa shape index (κ1) is 14.2. The number of nitrogens with zero attached hydrogens (tertiary/aromatic N) is 3. The van der Waals surface area contributed by atoms with Crippen LogP contribution in [0.3, 0.4) is 0 Å². The highest BCUT2D eigenvalue weighted by atomic mass is 16.5. The van der Waals surface area contributed by atoms with Crippen LogP contribution in [-0.2, 0) is 4.74 Å². The fourth-order valence-corrected chi connectivity index (χ4v) is 1.55. The summed E-state index contributed by atoms with van der Waals surface area (Å²) in [6.07, 6.45) is 0.482. The zero-order valence-corrected chi connectivity index (χ0v) is 10.8. The molecule has 0 radical (unpaired) electrons.